The van der Waals surface area contributed by atoms with Gasteiger partial charge in [0.2, 0.25) is 11.1 Å². The molecule has 0 atom stereocenters. The van der Waals surface area contributed by atoms with Crippen LogP contribution in [0.4, 0.5) is 0 Å². The largest absolute Gasteiger partial charge is 0.460 e. The summed E-state index contributed by atoms with van der Waals surface area (Å²) in [6.45, 7) is 22.4. The molecular formula is C25H48N4O7P2. The molecule has 1 fully saturated rings. The monoisotopic (exact) mass is 578 g/mol. The lowest BCUT2D eigenvalue weighted by atomic mass is 9.79. The van der Waals surface area contributed by atoms with Gasteiger partial charge in [0.15, 0.2) is 0 Å². The van der Waals surface area contributed by atoms with E-state index in [1.165, 1.54) is 0 Å². The van der Waals surface area contributed by atoms with Crippen LogP contribution in [0.3, 0.4) is 0 Å². The Balaban J connectivity index is 2.70. The van der Waals surface area contributed by atoms with Gasteiger partial charge in [-0.1, -0.05) is 0 Å². The molecule has 0 aliphatic carbocycles. The fraction of sp³-hybridized carbons (Fsp3) is 0.880. The molecule has 0 radical (unpaired) electrons. The van der Waals surface area contributed by atoms with Crippen molar-refractivity contribution in [2.45, 2.75) is 138 Å². The van der Waals surface area contributed by atoms with Crippen molar-refractivity contribution in [2.75, 3.05) is 7.05 Å². The summed E-state index contributed by atoms with van der Waals surface area (Å²) in [5.74, 6) is 0. The highest BCUT2D eigenvalue weighted by molar-refractivity contribution is 7.63. The summed E-state index contributed by atoms with van der Waals surface area (Å²) in [6, 6.07) is -0.133. The summed E-state index contributed by atoms with van der Waals surface area (Å²) < 4.78 is 57.3. The van der Waals surface area contributed by atoms with E-state index in [2.05, 4.69) is 54.6 Å². The topological polar surface area (TPSA) is 122 Å². The van der Waals surface area contributed by atoms with Gasteiger partial charge in [0.1, 0.15) is 6.10 Å². The number of aromatic nitrogens is 3. The lowest BCUT2D eigenvalue weighted by Crippen LogP contribution is -2.60. The second-order valence-electron chi connectivity index (χ2n) is 12.2. The molecule has 1 aliphatic heterocycles. The molecule has 38 heavy (non-hydrogen) atoms. The number of ether oxygens (including phenoxy) is 1. The third-order valence-corrected chi connectivity index (χ3v) is 10.2. The highest BCUT2D eigenvalue weighted by atomic mass is 31.2. The maximum absolute atomic E-state index is 14.0. The summed E-state index contributed by atoms with van der Waals surface area (Å²) in [5.41, 5.74) is -0.935. The lowest BCUT2D eigenvalue weighted by molar-refractivity contribution is -0.0578. The Morgan fingerprint density at radius 1 is 0.684 bits per heavy atom. The molecule has 0 unspecified atom stereocenters. The van der Waals surface area contributed by atoms with Gasteiger partial charge in [-0.15, -0.1) is 0 Å². The maximum Gasteiger partial charge on any atom is 0.399 e. The smallest absolute Gasteiger partial charge is 0.399 e. The summed E-state index contributed by atoms with van der Waals surface area (Å²) in [4.78, 5) is 15.4. The molecule has 1 aromatic heterocycles. The minimum absolute atomic E-state index is 0.133. The molecule has 11 nitrogen and oxygen atoms in total. The third kappa shape index (κ3) is 8.53. The van der Waals surface area contributed by atoms with Gasteiger partial charge in [-0.3, -0.25) is 14.0 Å². The van der Waals surface area contributed by atoms with Gasteiger partial charge < -0.3 is 22.8 Å². The quantitative estimate of drug-likeness (QED) is 0.303. The Morgan fingerprint density at radius 2 is 1.00 bits per heavy atom. The molecule has 220 valence electrons. The molecule has 0 spiro atoms. The van der Waals surface area contributed by atoms with Crippen LogP contribution in [-0.4, -0.2) is 68.5 Å². The molecule has 2 heterocycles. The standard InChI is InChI=1S/C25H48N4O7P2/c1-16(2)33-37(30,34-17(3)4)22-26-21(32-20-14-24(9,10)29(13)25(11,12)15-20)27-23(28-22)38(31,35-18(5)6)36-19(7)8/h16-20H,14-15H2,1-13H3. The zero-order valence-corrected chi connectivity index (χ0v) is 27.1. The van der Waals surface area contributed by atoms with E-state index in [0.717, 1.165) is 0 Å². The van der Waals surface area contributed by atoms with Crippen LogP contribution in [0.1, 0.15) is 95.9 Å². The summed E-state index contributed by atoms with van der Waals surface area (Å²) >= 11 is 0. The van der Waals surface area contributed by atoms with Crippen LogP contribution in [0.2, 0.25) is 0 Å². The highest BCUT2D eigenvalue weighted by Crippen LogP contribution is 2.51. The first-order chi connectivity index (χ1) is 17.2. The normalized spacial score (nSPS) is 19.2. The summed E-state index contributed by atoms with van der Waals surface area (Å²) in [5, 5.41) is 0. The predicted molar refractivity (Wildman–Crippen MR) is 149 cm³/mol. The van der Waals surface area contributed by atoms with E-state index in [1.54, 1.807) is 55.4 Å². The summed E-state index contributed by atoms with van der Waals surface area (Å²) in [6.07, 6.45) is -0.762. The van der Waals surface area contributed by atoms with Crippen LogP contribution in [0, 0.1) is 0 Å². The molecule has 2 rings (SSSR count). The van der Waals surface area contributed by atoms with E-state index < -0.39 is 39.6 Å². The summed E-state index contributed by atoms with van der Waals surface area (Å²) in [7, 11) is -6.05. The first kappa shape index (κ1) is 33.3. The highest BCUT2D eigenvalue weighted by Gasteiger charge is 2.45. The van der Waals surface area contributed by atoms with Crippen molar-refractivity contribution in [1.82, 2.24) is 19.9 Å². The van der Waals surface area contributed by atoms with Gasteiger partial charge in [0.25, 0.3) is 0 Å². The molecule has 13 heteroatoms. The molecule has 0 bridgehead atoms. The van der Waals surface area contributed by atoms with Crippen molar-refractivity contribution in [3.8, 4) is 6.01 Å². The van der Waals surface area contributed by atoms with E-state index >= 15 is 0 Å². The van der Waals surface area contributed by atoms with E-state index in [1.807, 2.05) is 0 Å². The lowest BCUT2D eigenvalue weighted by Gasteiger charge is -2.53. The van der Waals surface area contributed by atoms with Crippen molar-refractivity contribution in [3.63, 3.8) is 0 Å². The second-order valence-corrected chi connectivity index (χ2v) is 15.8. The molecule has 1 saturated heterocycles. The van der Waals surface area contributed by atoms with Crippen molar-refractivity contribution < 1.29 is 32.0 Å². The van der Waals surface area contributed by atoms with E-state index in [4.69, 9.17) is 22.8 Å². The van der Waals surface area contributed by atoms with Gasteiger partial charge in [-0.2, -0.15) is 15.0 Å². The van der Waals surface area contributed by atoms with E-state index in [-0.39, 0.29) is 34.3 Å². The zero-order chi connectivity index (χ0) is 29.3. The molecule has 1 aliphatic rings. The molecule has 0 amide bonds. The SMILES string of the molecule is CC(C)OP(=O)(OC(C)C)c1nc(OC2CC(C)(C)N(C)C(C)(C)C2)nc(P(=O)(OC(C)C)OC(C)C)n1. The fourth-order valence-corrected chi connectivity index (χ4v) is 8.12. The number of piperidine rings is 1. The molecule has 1 aromatic rings. The Hall–Kier alpha value is -0.930. The van der Waals surface area contributed by atoms with Crippen LogP contribution >= 0.6 is 15.2 Å². The van der Waals surface area contributed by atoms with Crippen molar-refractivity contribution >= 4 is 26.3 Å². The average molecular weight is 579 g/mol. The van der Waals surface area contributed by atoms with Crippen LogP contribution in [0.15, 0.2) is 0 Å². The van der Waals surface area contributed by atoms with Gasteiger partial charge in [0, 0.05) is 23.9 Å². The number of nitrogens with zero attached hydrogens (tertiary/aromatic N) is 4. The fourth-order valence-electron chi connectivity index (χ4n) is 4.49. The van der Waals surface area contributed by atoms with Crippen LogP contribution < -0.4 is 15.9 Å². The number of rotatable bonds is 12. The Morgan fingerprint density at radius 3 is 1.29 bits per heavy atom. The second kappa shape index (κ2) is 12.3. The first-order valence-electron chi connectivity index (χ1n) is 13.3. The van der Waals surface area contributed by atoms with Crippen LogP contribution in [-0.2, 0) is 27.2 Å². The number of hydrogen-bond donors (Lipinski definition) is 0. The van der Waals surface area contributed by atoms with Gasteiger partial charge in [-0.05, 0) is 90.1 Å². The van der Waals surface area contributed by atoms with Gasteiger partial charge >= 0.3 is 21.2 Å². The number of likely N-dealkylation sites (tertiary alicyclic amines) is 1. The average Bonchev–Trinajstić information content (AvgIpc) is 2.68. The van der Waals surface area contributed by atoms with Gasteiger partial charge in [0.05, 0.1) is 24.4 Å². The van der Waals surface area contributed by atoms with Crippen molar-refractivity contribution in [1.29, 1.82) is 0 Å². The first-order valence-corrected chi connectivity index (χ1v) is 16.4. The zero-order valence-electron chi connectivity index (χ0n) is 25.3. The molecule has 0 saturated carbocycles. The van der Waals surface area contributed by atoms with Crippen molar-refractivity contribution in [2.24, 2.45) is 0 Å². The molecular weight excluding hydrogens is 530 g/mol. The Kier molecular flexibility index (Phi) is 10.8. The Labute approximate surface area is 228 Å². The molecule has 0 aromatic carbocycles. The maximum atomic E-state index is 14.0. The minimum Gasteiger partial charge on any atom is -0.460 e. The van der Waals surface area contributed by atoms with Gasteiger partial charge in [-0.25, -0.2) is 0 Å². The number of hydrogen-bond acceptors (Lipinski definition) is 11. The van der Waals surface area contributed by atoms with Crippen LogP contribution in [0.5, 0.6) is 6.01 Å². The predicted octanol–water partition coefficient (Wildman–Crippen LogP) is 5.24. The van der Waals surface area contributed by atoms with Crippen LogP contribution in [0.25, 0.3) is 0 Å². The van der Waals surface area contributed by atoms with E-state index in [0.29, 0.717) is 12.8 Å². The third-order valence-electron chi connectivity index (χ3n) is 6.02. The molecule has 0 N–H and O–H groups in total. The van der Waals surface area contributed by atoms with E-state index in [9.17, 15) is 9.13 Å². The van der Waals surface area contributed by atoms with Crippen molar-refractivity contribution in [3.05, 3.63) is 0 Å². The Bertz CT molecular complexity index is 944. The minimum atomic E-state index is -4.07.